The molecule has 0 saturated heterocycles. The molecule has 0 aliphatic rings. The predicted octanol–water partition coefficient (Wildman–Crippen LogP) is 5.92. The monoisotopic (exact) mass is 368 g/mol. The Hall–Kier alpha value is -2.54. The summed E-state index contributed by atoms with van der Waals surface area (Å²) in [6, 6.07) is 14.4. The quantitative estimate of drug-likeness (QED) is 0.610. The lowest BCUT2D eigenvalue weighted by molar-refractivity contribution is 0.475. The van der Waals surface area contributed by atoms with Gasteiger partial charge in [-0.1, -0.05) is 29.3 Å². The standard InChI is InChI=1S/C20H14Cl2N2O/c1-11-3-8-17(21)19(20(11)22)15-9-18(24-12(2)16(15)10-23)13-4-6-14(25)7-5-13/h3-9,25H,1-2H3. The average molecular weight is 369 g/mol. The van der Waals surface area contributed by atoms with Crippen molar-refractivity contribution in [3.05, 3.63) is 69.3 Å². The SMILES string of the molecule is Cc1ccc(Cl)c(-c2cc(-c3ccc(O)cc3)nc(C)c2C#N)c1Cl. The number of hydrogen-bond acceptors (Lipinski definition) is 3. The highest BCUT2D eigenvalue weighted by molar-refractivity contribution is 6.39. The number of aromatic hydroxyl groups is 1. The Labute approximate surface area is 156 Å². The maximum atomic E-state index is 9.60. The van der Waals surface area contributed by atoms with Gasteiger partial charge in [0.2, 0.25) is 0 Å². The molecule has 0 saturated carbocycles. The number of aryl methyl sites for hydroxylation is 2. The van der Waals surface area contributed by atoms with Gasteiger partial charge in [0.15, 0.2) is 0 Å². The number of hydrogen-bond donors (Lipinski definition) is 1. The molecule has 0 aliphatic heterocycles. The molecule has 0 amide bonds. The number of pyridine rings is 1. The third kappa shape index (κ3) is 3.19. The second kappa shape index (κ2) is 6.76. The molecule has 0 radical (unpaired) electrons. The van der Waals surface area contributed by atoms with Crippen molar-refractivity contribution in [1.82, 2.24) is 4.98 Å². The lowest BCUT2D eigenvalue weighted by Gasteiger charge is -2.14. The molecule has 3 aromatic rings. The van der Waals surface area contributed by atoms with Crippen molar-refractivity contribution in [1.29, 1.82) is 5.26 Å². The maximum Gasteiger partial charge on any atom is 0.115 e. The summed E-state index contributed by atoms with van der Waals surface area (Å²) >= 11 is 12.9. The summed E-state index contributed by atoms with van der Waals surface area (Å²) < 4.78 is 0. The number of aromatic nitrogens is 1. The van der Waals surface area contributed by atoms with Gasteiger partial charge >= 0.3 is 0 Å². The van der Waals surface area contributed by atoms with Gasteiger partial charge in [0, 0.05) is 21.7 Å². The summed E-state index contributed by atoms with van der Waals surface area (Å²) in [7, 11) is 0. The van der Waals surface area contributed by atoms with E-state index in [2.05, 4.69) is 11.1 Å². The number of benzene rings is 2. The first-order valence-corrected chi connectivity index (χ1v) is 8.34. The third-order valence-electron chi connectivity index (χ3n) is 4.03. The summed E-state index contributed by atoms with van der Waals surface area (Å²) in [6.45, 7) is 3.67. The zero-order valence-electron chi connectivity index (χ0n) is 13.6. The van der Waals surface area contributed by atoms with Gasteiger partial charge in [-0.25, -0.2) is 0 Å². The fourth-order valence-corrected chi connectivity index (χ4v) is 3.27. The number of nitrogens with zero attached hydrogens (tertiary/aromatic N) is 2. The first-order valence-electron chi connectivity index (χ1n) is 7.58. The minimum Gasteiger partial charge on any atom is -0.508 e. The normalized spacial score (nSPS) is 10.5. The number of nitriles is 1. The van der Waals surface area contributed by atoms with E-state index in [0.29, 0.717) is 38.1 Å². The molecule has 5 heteroatoms. The van der Waals surface area contributed by atoms with Gasteiger partial charge < -0.3 is 5.11 Å². The zero-order valence-corrected chi connectivity index (χ0v) is 15.2. The Morgan fingerprint density at radius 1 is 1.04 bits per heavy atom. The van der Waals surface area contributed by atoms with Gasteiger partial charge in [0.25, 0.3) is 0 Å². The summed E-state index contributed by atoms with van der Waals surface area (Å²) in [5.41, 5.74) is 4.70. The van der Waals surface area contributed by atoms with E-state index >= 15 is 0 Å². The number of phenols is 1. The average Bonchev–Trinajstić information content (AvgIpc) is 2.59. The van der Waals surface area contributed by atoms with Gasteiger partial charge in [-0.15, -0.1) is 0 Å². The Morgan fingerprint density at radius 2 is 1.72 bits per heavy atom. The van der Waals surface area contributed by atoms with Crippen LogP contribution in [0.3, 0.4) is 0 Å². The smallest absolute Gasteiger partial charge is 0.115 e. The van der Waals surface area contributed by atoms with Gasteiger partial charge in [-0.2, -0.15) is 5.26 Å². The molecule has 0 fully saturated rings. The van der Waals surface area contributed by atoms with E-state index in [1.54, 1.807) is 37.3 Å². The lowest BCUT2D eigenvalue weighted by atomic mass is 9.96. The van der Waals surface area contributed by atoms with E-state index < -0.39 is 0 Å². The molecule has 3 rings (SSSR count). The topological polar surface area (TPSA) is 56.9 Å². The Bertz CT molecular complexity index is 1010. The van der Waals surface area contributed by atoms with Crippen LogP contribution in [0.5, 0.6) is 5.75 Å². The minimum atomic E-state index is 0.180. The van der Waals surface area contributed by atoms with E-state index in [1.165, 1.54) is 0 Å². The fourth-order valence-electron chi connectivity index (χ4n) is 2.69. The van der Waals surface area contributed by atoms with Crippen molar-refractivity contribution in [2.75, 3.05) is 0 Å². The van der Waals surface area contributed by atoms with Crippen LogP contribution in [0.2, 0.25) is 10.0 Å². The number of rotatable bonds is 2. The molecule has 3 nitrogen and oxygen atoms in total. The molecule has 124 valence electrons. The molecular weight excluding hydrogens is 355 g/mol. The van der Waals surface area contributed by atoms with Crippen molar-refractivity contribution in [2.24, 2.45) is 0 Å². The van der Waals surface area contributed by atoms with Crippen molar-refractivity contribution in [3.63, 3.8) is 0 Å². The number of phenolic OH excluding ortho intramolecular Hbond substituents is 1. The van der Waals surface area contributed by atoms with Crippen LogP contribution in [0, 0.1) is 25.2 Å². The molecule has 0 atom stereocenters. The molecule has 1 N–H and O–H groups in total. The summed E-state index contributed by atoms with van der Waals surface area (Å²) in [6.07, 6.45) is 0. The Balaban J connectivity index is 2.32. The highest BCUT2D eigenvalue weighted by Gasteiger charge is 2.18. The van der Waals surface area contributed by atoms with Crippen LogP contribution in [0.15, 0.2) is 42.5 Å². The van der Waals surface area contributed by atoms with Crippen LogP contribution in [-0.2, 0) is 0 Å². The van der Waals surface area contributed by atoms with Crippen LogP contribution >= 0.6 is 23.2 Å². The summed E-state index contributed by atoms with van der Waals surface area (Å²) in [4.78, 5) is 4.52. The summed E-state index contributed by atoms with van der Waals surface area (Å²) in [5, 5.41) is 20.1. The van der Waals surface area contributed by atoms with Crippen LogP contribution in [0.4, 0.5) is 0 Å². The molecular formula is C20H14Cl2N2O. The van der Waals surface area contributed by atoms with E-state index in [0.717, 1.165) is 11.1 Å². The van der Waals surface area contributed by atoms with Crippen LogP contribution in [0.25, 0.3) is 22.4 Å². The molecule has 25 heavy (non-hydrogen) atoms. The van der Waals surface area contributed by atoms with Crippen molar-refractivity contribution < 1.29 is 5.11 Å². The highest BCUT2D eigenvalue weighted by Crippen LogP contribution is 2.40. The largest absolute Gasteiger partial charge is 0.508 e. The van der Waals surface area contributed by atoms with Gasteiger partial charge in [-0.05, 0) is 55.8 Å². The molecule has 0 aliphatic carbocycles. The fraction of sp³-hybridized carbons (Fsp3) is 0.100. The molecule has 0 bridgehead atoms. The second-order valence-electron chi connectivity index (χ2n) is 5.73. The molecule has 0 spiro atoms. The Morgan fingerprint density at radius 3 is 2.36 bits per heavy atom. The first-order chi connectivity index (χ1) is 11.9. The third-order valence-corrected chi connectivity index (χ3v) is 4.83. The van der Waals surface area contributed by atoms with E-state index in [4.69, 9.17) is 23.2 Å². The zero-order chi connectivity index (χ0) is 18.1. The van der Waals surface area contributed by atoms with E-state index in [9.17, 15) is 10.4 Å². The second-order valence-corrected chi connectivity index (χ2v) is 6.51. The predicted molar refractivity (Wildman–Crippen MR) is 101 cm³/mol. The summed E-state index contributed by atoms with van der Waals surface area (Å²) in [5.74, 6) is 0.180. The Kier molecular flexibility index (Phi) is 4.67. The van der Waals surface area contributed by atoms with Crippen molar-refractivity contribution in [3.8, 4) is 34.2 Å². The molecule has 1 aromatic heterocycles. The highest BCUT2D eigenvalue weighted by atomic mass is 35.5. The van der Waals surface area contributed by atoms with Gasteiger partial charge in [0.1, 0.15) is 11.8 Å². The molecule has 2 aromatic carbocycles. The van der Waals surface area contributed by atoms with Crippen LogP contribution < -0.4 is 0 Å². The van der Waals surface area contributed by atoms with E-state index in [-0.39, 0.29) is 5.75 Å². The lowest BCUT2D eigenvalue weighted by Crippen LogP contribution is -1.97. The minimum absolute atomic E-state index is 0.180. The van der Waals surface area contributed by atoms with Gasteiger partial charge in [-0.3, -0.25) is 4.98 Å². The van der Waals surface area contributed by atoms with Crippen LogP contribution in [-0.4, -0.2) is 10.1 Å². The molecule has 0 unspecified atom stereocenters. The van der Waals surface area contributed by atoms with Crippen molar-refractivity contribution in [2.45, 2.75) is 13.8 Å². The van der Waals surface area contributed by atoms with Crippen LogP contribution in [0.1, 0.15) is 16.8 Å². The first kappa shape index (κ1) is 17.3. The van der Waals surface area contributed by atoms with E-state index in [1.807, 2.05) is 19.1 Å². The number of halogens is 2. The van der Waals surface area contributed by atoms with Crippen molar-refractivity contribution >= 4 is 23.2 Å². The maximum absolute atomic E-state index is 9.60. The van der Waals surface area contributed by atoms with Gasteiger partial charge in [0.05, 0.1) is 22.0 Å². The molecule has 1 heterocycles.